The van der Waals surface area contributed by atoms with E-state index in [1.165, 1.54) is 17.4 Å². The average Bonchev–Trinajstić information content (AvgIpc) is 2.67. The molecule has 4 nitrogen and oxygen atoms in total. The number of sulfonamides is 1. The number of rotatable bonds is 2. The fourth-order valence-electron chi connectivity index (χ4n) is 1.50. The molecule has 0 aliphatic heterocycles. The highest BCUT2D eigenvalue weighted by Crippen LogP contribution is 2.33. The lowest BCUT2D eigenvalue weighted by molar-refractivity contribution is 0.598. The Hall–Kier alpha value is -1.37. The van der Waals surface area contributed by atoms with Gasteiger partial charge in [0.05, 0.1) is 5.69 Å². The van der Waals surface area contributed by atoms with Gasteiger partial charge < -0.3 is 5.73 Å². The van der Waals surface area contributed by atoms with Crippen LogP contribution in [0.25, 0.3) is 10.4 Å². The summed E-state index contributed by atoms with van der Waals surface area (Å²) in [4.78, 5) is 0.828. The van der Waals surface area contributed by atoms with Crippen LogP contribution in [-0.2, 0) is 10.0 Å². The van der Waals surface area contributed by atoms with Gasteiger partial charge in [-0.25, -0.2) is 13.6 Å². The molecule has 84 valence electrons. The quantitative estimate of drug-likeness (QED) is 0.799. The van der Waals surface area contributed by atoms with Gasteiger partial charge in [0.2, 0.25) is 10.0 Å². The van der Waals surface area contributed by atoms with Crippen molar-refractivity contribution in [2.45, 2.75) is 4.90 Å². The molecule has 4 N–H and O–H groups in total. The van der Waals surface area contributed by atoms with E-state index in [1.807, 2.05) is 17.5 Å². The normalized spacial score (nSPS) is 11.6. The van der Waals surface area contributed by atoms with Gasteiger partial charge in [-0.3, -0.25) is 0 Å². The molecule has 1 aromatic carbocycles. The molecule has 0 spiro atoms. The zero-order valence-corrected chi connectivity index (χ0v) is 9.88. The second-order valence-corrected chi connectivity index (χ2v) is 5.69. The highest BCUT2D eigenvalue weighted by molar-refractivity contribution is 7.89. The highest BCUT2D eigenvalue weighted by Gasteiger charge is 2.18. The van der Waals surface area contributed by atoms with Crippen molar-refractivity contribution in [3.05, 3.63) is 35.7 Å². The molecule has 0 amide bonds. The van der Waals surface area contributed by atoms with Crippen molar-refractivity contribution in [3.63, 3.8) is 0 Å². The minimum absolute atomic E-state index is 0.00236. The Balaban J connectivity index is 2.77. The molecule has 0 aliphatic rings. The summed E-state index contributed by atoms with van der Waals surface area (Å²) in [6.45, 7) is 0. The summed E-state index contributed by atoms with van der Waals surface area (Å²) in [6.07, 6.45) is 0. The van der Waals surface area contributed by atoms with Gasteiger partial charge in [-0.05, 0) is 17.5 Å². The van der Waals surface area contributed by atoms with Gasteiger partial charge in [-0.2, -0.15) is 0 Å². The number of hydrogen-bond donors (Lipinski definition) is 2. The van der Waals surface area contributed by atoms with Crippen molar-refractivity contribution in [2.24, 2.45) is 5.14 Å². The fourth-order valence-corrected chi connectivity index (χ4v) is 3.20. The number of anilines is 1. The number of nitrogen functional groups attached to an aromatic ring is 1. The van der Waals surface area contributed by atoms with Gasteiger partial charge in [0, 0.05) is 10.4 Å². The molecule has 0 saturated heterocycles. The minimum atomic E-state index is -3.81. The smallest absolute Gasteiger partial charge is 0.240 e. The lowest BCUT2D eigenvalue weighted by Crippen LogP contribution is -2.15. The molecule has 1 heterocycles. The van der Waals surface area contributed by atoms with Crippen molar-refractivity contribution in [2.75, 3.05) is 5.73 Å². The number of thiophene rings is 1. The summed E-state index contributed by atoms with van der Waals surface area (Å²) in [5.74, 6) is 0. The fraction of sp³-hybridized carbons (Fsp3) is 0. The molecular formula is C10H10N2O2S2. The molecule has 0 unspecified atom stereocenters. The molecule has 2 rings (SSSR count). The second kappa shape index (κ2) is 3.89. The molecule has 0 fully saturated rings. The summed E-state index contributed by atoms with van der Waals surface area (Å²) < 4.78 is 22.9. The molecule has 0 atom stereocenters. The molecule has 6 heteroatoms. The van der Waals surface area contributed by atoms with Crippen LogP contribution in [0.1, 0.15) is 0 Å². The van der Waals surface area contributed by atoms with E-state index in [9.17, 15) is 8.42 Å². The maximum atomic E-state index is 11.5. The van der Waals surface area contributed by atoms with E-state index in [1.54, 1.807) is 12.1 Å². The molecule has 0 radical (unpaired) electrons. The topological polar surface area (TPSA) is 86.2 Å². The van der Waals surface area contributed by atoms with E-state index >= 15 is 0 Å². The van der Waals surface area contributed by atoms with E-state index in [0.717, 1.165) is 4.88 Å². The van der Waals surface area contributed by atoms with Crippen LogP contribution in [-0.4, -0.2) is 8.42 Å². The van der Waals surface area contributed by atoms with Gasteiger partial charge >= 0.3 is 0 Å². The average molecular weight is 254 g/mol. The maximum absolute atomic E-state index is 11.5. The first kappa shape index (κ1) is 11.1. The summed E-state index contributed by atoms with van der Waals surface area (Å²) in [5, 5.41) is 7.03. The Bertz CT molecular complexity index is 604. The highest BCUT2D eigenvalue weighted by atomic mass is 32.2. The number of hydrogen-bond acceptors (Lipinski definition) is 4. The Labute approximate surface area is 97.6 Å². The Morgan fingerprint density at radius 1 is 1.12 bits per heavy atom. The van der Waals surface area contributed by atoms with Crippen LogP contribution in [0, 0.1) is 0 Å². The molecular weight excluding hydrogens is 244 g/mol. The van der Waals surface area contributed by atoms with Crippen molar-refractivity contribution in [3.8, 4) is 10.4 Å². The Kier molecular flexibility index (Phi) is 2.71. The summed E-state index contributed by atoms with van der Waals surface area (Å²) in [7, 11) is -3.81. The first-order valence-corrected chi connectivity index (χ1v) is 6.88. The number of nitrogens with two attached hydrogens (primary N) is 2. The van der Waals surface area contributed by atoms with Gasteiger partial charge in [0.1, 0.15) is 4.90 Å². The van der Waals surface area contributed by atoms with Crippen molar-refractivity contribution in [1.29, 1.82) is 0 Å². The van der Waals surface area contributed by atoms with E-state index in [0.29, 0.717) is 5.56 Å². The molecule has 2 aromatic rings. The van der Waals surface area contributed by atoms with E-state index in [4.69, 9.17) is 10.9 Å². The van der Waals surface area contributed by atoms with E-state index < -0.39 is 10.0 Å². The molecule has 0 bridgehead atoms. The van der Waals surface area contributed by atoms with Crippen molar-refractivity contribution >= 4 is 27.0 Å². The van der Waals surface area contributed by atoms with Crippen molar-refractivity contribution in [1.82, 2.24) is 0 Å². The van der Waals surface area contributed by atoms with Crippen LogP contribution in [0.15, 0.2) is 40.6 Å². The van der Waals surface area contributed by atoms with Crippen LogP contribution in [0.2, 0.25) is 0 Å². The number of benzene rings is 1. The van der Waals surface area contributed by atoms with Crippen LogP contribution in [0.4, 0.5) is 5.69 Å². The predicted octanol–water partition coefficient (Wildman–Crippen LogP) is 1.64. The van der Waals surface area contributed by atoms with Gasteiger partial charge in [-0.15, -0.1) is 11.3 Å². The van der Waals surface area contributed by atoms with Crippen LogP contribution >= 0.6 is 11.3 Å². The summed E-state index contributed by atoms with van der Waals surface area (Å²) in [5.41, 5.74) is 6.39. The molecule has 0 aliphatic carbocycles. The van der Waals surface area contributed by atoms with Crippen LogP contribution in [0.5, 0.6) is 0 Å². The van der Waals surface area contributed by atoms with Crippen LogP contribution < -0.4 is 10.9 Å². The monoisotopic (exact) mass is 254 g/mol. The lowest BCUT2D eigenvalue weighted by atomic mass is 10.1. The van der Waals surface area contributed by atoms with Gasteiger partial charge in [0.25, 0.3) is 0 Å². The third kappa shape index (κ3) is 1.95. The number of primary sulfonamides is 1. The third-order valence-corrected chi connectivity index (χ3v) is 4.04. The Morgan fingerprint density at radius 2 is 1.88 bits per heavy atom. The van der Waals surface area contributed by atoms with Gasteiger partial charge in [0.15, 0.2) is 0 Å². The standard InChI is InChI=1S/C10H10N2O2S2/c11-8-4-1-3-7(9-5-2-6-15-9)10(8)16(12,13)14/h1-6H,11H2,(H2,12,13,14). The maximum Gasteiger partial charge on any atom is 0.240 e. The predicted molar refractivity (Wildman–Crippen MR) is 65.5 cm³/mol. The van der Waals surface area contributed by atoms with Gasteiger partial charge in [-0.1, -0.05) is 18.2 Å². The zero-order chi connectivity index (χ0) is 11.8. The second-order valence-electron chi connectivity index (χ2n) is 3.25. The summed E-state index contributed by atoms with van der Waals surface area (Å²) >= 11 is 1.44. The largest absolute Gasteiger partial charge is 0.398 e. The minimum Gasteiger partial charge on any atom is -0.398 e. The molecule has 16 heavy (non-hydrogen) atoms. The molecule has 0 saturated carbocycles. The molecule has 1 aromatic heterocycles. The zero-order valence-electron chi connectivity index (χ0n) is 8.25. The van der Waals surface area contributed by atoms with E-state index in [-0.39, 0.29) is 10.6 Å². The van der Waals surface area contributed by atoms with Crippen molar-refractivity contribution < 1.29 is 8.42 Å². The van der Waals surface area contributed by atoms with Crippen LogP contribution in [0.3, 0.4) is 0 Å². The lowest BCUT2D eigenvalue weighted by Gasteiger charge is -2.08. The first-order chi connectivity index (χ1) is 7.50. The van der Waals surface area contributed by atoms with E-state index in [2.05, 4.69) is 0 Å². The third-order valence-electron chi connectivity index (χ3n) is 2.12. The summed E-state index contributed by atoms with van der Waals surface area (Å²) in [6, 6.07) is 8.60. The first-order valence-electron chi connectivity index (χ1n) is 4.45. The Morgan fingerprint density at radius 3 is 2.44 bits per heavy atom. The SMILES string of the molecule is Nc1cccc(-c2cccs2)c1S(N)(=O)=O.